The molecule has 3 heteroatoms. The molecular formula is C19H17AsClN. The van der Waals surface area contributed by atoms with Gasteiger partial charge in [0.1, 0.15) is 0 Å². The van der Waals surface area contributed by atoms with Crippen molar-refractivity contribution in [1.82, 2.24) is 4.57 Å². The molecule has 1 aromatic heterocycles. The first-order chi connectivity index (χ1) is 10.8. The van der Waals surface area contributed by atoms with Gasteiger partial charge in [0.05, 0.1) is 0 Å². The molecule has 0 fully saturated rings. The Morgan fingerprint density at radius 3 is 2.64 bits per heavy atom. The quantitative estimate of drug-likeness (QED) is 0.488. The predicted molar refractivity (Wildman–Crippen MR) is 97.5 cm³/mol. The minimum atomic E-state index is -0.204. The zero-order valence-corrected chi connectivity index (χ0v) is 15.3. The molecule has 0 saturated heterocycles. The molecule has 1 unspecified atom stereocenters. The number of fused-ring (bicyclic) bond motifs is 1. The standard InChI is InChI=1S/C19H17AsClN/c1-2-22-18(14-15-6-3-4-8-19(15)22)7-5-13-20-16-9-11-17(21)12-10-16/h3-4,6,8-12,14,20H,2,13H2,1H3. The predicted octanol–water partition coefficient (Wildman–Crippen LogP) is 3.85. The van der Waals surface area contributed by atoms with E-state index in [1.807, 2.05) is 12.1 Å². The van der Waals surface area contributed by atoms with Gasteiger partial charge in [-0.15, -0.1) is 0 Å². The molecule has 22 heavy (non-hydrogen) atoms. The second-order valence-corrected chi connectivity index (χ2v) is 8.13. The normalized spacial score (nSPS) is 11.0. The summed E-state index contributed by atoms with van der Waals surface area (Å²) < 4.78 is 3.68. The number of aromatic nitrogens is 1. The molecule has 2 aromatic carbocycles. The fraction of sp³-hybridized carbons (Fsp3) is 0.158. The van der Waals surface area contributed by atoms with Gasteiger partial charge in [0.25, 0.3) is 0 Å². The van der Waals surface area contributed by atoms with Crippen LogP contribution in [0, 0.1) is 11.8 Å². The van der Waals surface area contributed by atoms with E-state index in [0.717, 1.165) is 22.5 Å². The van der Waals surface area contributed by atoms with E-state index in [1.165, 1.54) is 15.3 Å². The number of hydrogen-bond acceptors (Lipinski definition) is 0. The average molecular weight is 370 g/mol. The van der Waals surface area contributed by atoms with E-state index in [2.05, 4.69) is 65.8 Å². The van der Waals surface area contributed by atoms with Crippen molar-refractivity contribution in [1.29, 1.82) is 0 Å². The van der Waals surface area contributed by atoms with Crippen molar-refractivity contribution < 1.29 is 0 Å². The topological polar surface area (TPSA) is 4.93 Å². The van der Waals surface area contributed by atoms with Crippen LogP contribution in [0.25, 0.3) is 10.9 Å². The monoisotopic (exact) mass is 369 g/mol. The molecule has 1 nitrogen and oxygen atoms in total. The van der Waals surface area contributed by atoms with Gasteiger partial charge in [-0.05, 0) is 0 Å². The maximum atomic E-state index is 5.91. The van der Waals surface area contributed by atoms with Gasteiger partial charge in [0.2, 0.25) is 0 Å². The van der Waals surface area contributed by atoms with E-state index < -0.39 is 0 Å². The third-order valence-corrected chi connectivity index (χ3v) is 6.12. The Hall–Kier alpha value is -1.61. The zero-order valence-electron chi connectivity index (χ0n) is 12.4. The Kier molecular flexibility index (Phi) is 4.93. The Morgan fingerprint density at radius 2 is 1.86 bits per heavy atom. The SMILES string of the molecule is CCn1c(C#CC[AsH]c2ccc(Cl)cc2)cc2ccccc21. The van der Waals surface area contributed by atoms with Gasteiger partial charge in [-0.3, -0.25) is 0 Å². The molecule has 0 amide bonds. The van der Waals surface area contributed by atoms with Crippen molar-refractivity contribution in [2.24, 2.45) is 0 Å². The molecule has 1 atom stereocenters. The number of rotatable bonds is 3. The van der Waals surface area contributed by atoms with E-state index in [1.54, 1.807) is 0 Å². The van der Waals surface area contributed by atoms with E-state index in [9.17, 15) is 0 Å². The number of halogens is 1. The Morgan fingerprint density at radius 1 is 1.09 bits per heavy atom. The maximum absolute atomic E-state index is 5.91. The van der Waals surface area contributed by atoms with Crippen LogP contribution in [0.3, 0.4) is 0 Å². The summed E-state index contributed by atoms with van der Waals surface area (Å²) in [6.45, 7) is 3.12. The van der Waals surface area contributed by atoms with Crippen LogP contribution in [0.5, 0.6) is 0 Å². The molecule has 0 N–H and O–H groups in total. The minimum absolute atomic E-state index is 0.204. The fourth-order valence-corrected chi connectivity index (χ4v) is 4.27. The number of nitrogens with zero attached hydrogens (tertiary/aromatic N) is 1. The van der Waals surface area contributed by atoms with Gasteiger partial charge >= 0.3 is 143 Å². The Balaban J connectivity index is 1.75. The molecular weight excluding hydrogens is 353 g/mol. The Bertz CT molecular complexity index is 837. The van der Waals surface area contributed by atoms with Crippen LogP contribution in [-0.2, 0) is 6.54 Å². The summed E-state index contributed by atoms with van der Waals surface area (Å²) >= 11 is 5.70. The molecule has 0 radical (unpaired) electrons. The fourth-order valence-electron chi connectivity index (χ4n) is 2.50. The van der Waals surface area contributed by atoms with E-state index in [0.29, 0.717) is 0 Å². The van der Waals surface area contributed by atoms with Crippen LogP contribution in [0.4, 0.5) is 0 Å². The molecule has 0 spiro atoms. The average Bonchev–Trinajstić information content (AvgIpc) is 2.90. The van der Waals surface area contributed by atoms with Crippen LogP contribution in [-0.4, -0.2) is 20.3 Å². The van der Waals surface area contributed by atoms with Crippen LogP contribution in [0.15, 0.2) is 54.6 Å². The van der Waals surface area contributed by atoms with Gasteiger partial charge in [0, 0.05) is 0 Å². The molecule has 0 aliphatic rings. The van der Waals surface area contributed by atoms with Crippen LogP contribution >= 0.6 is 11.6 Å². The number of hydrogen-bond donors (Lipinski definition) is 0. The second-order valence-electron chi connectivity index (χ2n) is 4.99. The summed E-state index contributed by atoms with van der Waals surface area (Å²) in [4.78, 5) is 0. The first kappa shape index (κ1) is 15.3. The van der Waals surface area contributed by atoms with Crippen molar-refractivity contribution in [2.75, 3.05) is 0 Å². The van der Waals surface area contributed by atoms with E-state index in [-0.39, 0.29) is 15.8 Å². The van der Waals surface area contributed by atoms with Crippen LogP contribution in [0.2, 0.25) is 10.2 Å². The van der Waals surface area contributed by atoms with Gasteiger partial charge < -0.3 is 0 Å². The van der Waals surface area contributed by atoms with Gasteiger partial charge in [0.15, 0.2) is 0 Å². The molecule has 0 saturated carbocycles. The first-order valence-corrected chi connectivity index (χ1v) is 10.3. The molecule has 3 aromatic rings. The first-order valence-electron chi connectivity index (χ1n) is 7.34. The molecule has 1 heterocycles. The summed E-state index contributed by atoms with van der Waals surface area (Å²) in [6, 6.07) is 18.8. The van der Waals surface area contributed by atoms with E-state index >= 15 is 0 Å². The molecule has 0 aliphatic carbocycles. The van der Waals surface area contributed by atoms with Gasteiger partial charge in [-0.1, -0.05) is 0 Å². The Labute approximate surface area is 143 Å². The van der Waals surface area contributed by atoms with Crippen molar-refractivity contribution in [3.8, 4) is 11.8 Å². The number of aryl methyl sites for hydroxylation is 1. The van der Waals surface area contributed by atoms with Gasteiger partial charge in [-0.25, -0.2) is 0 Å². The molecule has 0 bridgehead atoms. The van der Waals surface area contributed by atoms with Gasteiger partial charge in [-0.2, -0.15) is 0 Å². The number of para-hydroxylation sites is 1. The zero-order chi connectivity index (χ0) is 15.4. The van der Waals surface area contributed by atoms with Crippen molar-refractivity contribution in [3.63, 3.8) is 0 Å². The van der Waals surface area contributed by atoms with Crippen molar-refractivity contribution in [3.05, 3.63) is 65.3 Å². The molecule has 110 valence electrons. The second kappa shape index (κ2) is 7.10. The van der Waals surface area contributed by atoms with Crippen molar-refractivity contribution >= 4 is 42.6 Å². The summed E-state index contributed by atoms with van der Waals surface area (Å²) in [6.07, 6.45) is 0. The third kappa shape index (κ3) is 3.41. The summed E-state index contributed by atoms with van der Waals surface area (Å²) in [7, 11) is 0. The van der Waals surface area contributed by atoms with Crippen LogP contribution in [0.1, 0.15) is 12.6 Å². The van der Waals surface area contributed by atoms with Crippen molar-refractivity contribution in [2.45, 2.75) is 18.7 Å². The third-order valence-electron chi connectivity index (χ3n) is 3.57. The summed E-state index contributed by atoms with van der Waals surface area (Å²) in [5.74, 6) is 6.71. The molecule has 0 aliphatic heterocycles. The summed E-state index contributed by atoms with van der Waals surface area (Å²) in [5, 5.41) is 3.05. The number of benzene rings is 2. The molecule has 3 rings (SSSR count). The summed E-state index contributed by atoms with van der Waals surface area (Å²) in [5.41, 5.74) is 2.38. The van der Waals surface area contributed by atoms with E-state index in [4.69, 9.17) is 11.6 Å². The van der Waals surface area contributed by atoms with Crippen LogP contribution < -0.4 is 4.35 Å².